The number of fused-ring (bicyclic) bond motifs is 21. The first kappa shape index (κ1) is 40.3. The molecule has 0 amide bonds. The topological polar surface area (TPSA) is 12.5 Å². The number of hydrogen-bond acceptors (Lipinski definition) is 4. The maximum atomic E-state index is 6.79. The summed E-state index contributed by atoms with van der Waals surface area (Å²) in [5.41, 5.74) is 19.6. The quantitative estimate of drug-likeness (QED) is 0.174. The summed E-state index contributed by atoms with van der Waals surface area (Å²) in [5.74, 6) is 1.77. The molecule has 4 aliphatic rings. The predicted molar refractivity (Wildman–Crippen MR) is 298 cm³/mol. The zero-order valence-electron chi connectivity index (χ0n) is 38.8. The van der Waals surface area contributed by atoms with Crippen LogP contribution in [0, 0.1) is 0 Å². The standard InChI is InChI=1S/C68H41NOS2/c1-4-21-50-45(17-1)47-20-15-29-58(66(47)68(50)54-25-8-13-33-63(54)72-64-34-14-9-26-55(64)68)69(44-38-35-42(36-39-44)43-37-40-62-49(41-43)46-18-3-12-32-61(46)71-62)57-28-16-27-56-65(57)48-19-2-5-22-51(48)67(56)52-23-6-10-30-59(52)70-60-31-11-7-24-53(60)67/h1-41H. The van der Waals surface area contributed by atoms with Gasteiger partial charge in [0.1, 0.15) is 11.5 Å². The number of para-hydroxylation sites is 2. The molecule has 2 spiro atoms. The van der Waals surface area contributed by atoms with Crippen LogP contribution < -0.4 is 9.64 Å². The molecule has 0 fully saturated rings. The molecule has 0 radical (unpaired) electrons. The molecular formula is C68H41NOS2. The second-order valence-electron chi connectivity index (χ2n) is 19.4. The third kappa shape index (κ3) is 5.25. The van der Waals surface area contributed by atoms with E-state index in [1.807, 2.05) is 23.1 Å². The van der Waals surface area contributed by atoms with Crippen molar-refractivity contribution in [3.8, 4) is 44.9 Å². The van der Waals surface area contributed by atoms with E-state index in [9.17, 15) is 0 Å². The van der Waals surface area contributed by atoms with Crippen LogP contribution in [0.2, 0.25) is 0 Å². The van der Waals surface area contributed by atoms with Gasteiger partial charge in [-0.25, -0.2) is 0 Å². The van der Waals surface area contributed by atoms with E-state index in [4.69, 9.17) is 4.74 Å². The Kier molecular flexibility index (Phi) is 8.43. The van der Waals surface area contributed by atoms with Gasteiger partial charge in [-0.2, -0.15) is 0 Å². The highest BCUT2D eigenvalue weighted by Gasteiger charge is 2.54. The lowest BCUT2D eigenvalue weighted by molar-refractivity contribution is 0.436. The van der Waals surface area contributed by atoms with Gasteiger partial charge < -0.3 is 9.64 Å². The van der Waals surface area contributed by atoms with Crippen molar-refractivity contribution < 1.29 is 4.74 Å². The molecule has 0 atom stereocenters. The molecule has 0 N–H and O–H groups in total. The summed E-state index contributed by atoms with van der Waals surface area (Å²) in [4.78, 5) is 5.17. The van der Waals surface area contributed by atoms with Crippen LogP contribution >= 0.6 is 23.1 Å². The number of thiophene rings is 1. The number of benzene rings is 11. The summed E-state index contributed by atoms with van der Waals surface area (Å²) in [6, 6.07) is 93.0. The summed E-state index contributed by atoms with van der Waals surface area (Å²) in [6.45, 7) is 0. The van der Waals surface area contributed by atoms with Gasteiger partial charge in [0.25, 0.3) is 0 Å². The molecule has 12 aromatic rings. The van der Waals surface area contributed by atoms with E-state index in [0.717, 1.165) is 39.7 Å². The summed E-state index contributed by atoms with van der Waals surface area (Å²) < 4.78 is 9.42. The van der Waals surface area contributed by atoms with Gasteiger partial charge in [-0.1, -0.05) is 194 Å². The maximum Gasteiger partial charge on any atom is 0.132 e. The van der Waals surface area contributed by atoms with Crippen molar-refractivity contribution in [1.82, 2.24) is 0 Å². The predicted octanol–water partition coefficient (Wildman–Crippen LogP) is 18.5. The minimum atomic E-state index is -0.623. The highest BCUT2D eigenvalue weighted by atomic mass is 32.2. The monoisotopic (exact) mass is 951 g/mol. The van der Waals surface area contributed by atoms with E-state index in [0.29, 0.717) is 0 Å². The molecule has 0 saturated carbocycles. The van der Waals surface area contributed by atoms with E-state index >= 15 is 0 Å². The van der Waals surface area contributed by atoms with Crippen LogP contribution in [-0.2, 0) is 10.8 Å². The zero-order chi connectivity index (χ0) is 47.1. The van der Waals surface area contributed by atoms with Crippen LogP contribution in [0.15, 0.2) is 259 Å². The molecule has 72 heavy (non-hydrogen) atoms. The van der Waals surface area contributed by atoms with Gasteiger partial charge in [-0.3, -0.25) is 0 Å². The number of anilines is 3. The van der Waals surface area contributed by atoms with Crippen molar-refractivity contribution >= 4 is 60.3 Å². The van der Waals surface area contributed by atoms with Crippen molar-refractivity contribution in [1.29, 1.82) is 0 Å². The molecule has 2 aliphatic heterocycles. The Bertz CT molecular complexity index is 4170. The molecule has 16 rings (SSSR count). The molecule has 11 aromatic carbocycles. The van der Waals surface area contributed by atoms with Crippen LogP contribution in [0.5, 0.6) is 11.5 Å². The molecular weight excluding hydrogens is 911 g/mol. The summed E-state index contributed by atoms with van der Waals surface area (Å²) in [5, 5.41) is 2.61. The number of hydrogen-bond donors (Lipinski definition) is 0. The molecule has 1 aromatic heterocycles. The van der Waals surface area contributed by atoms with Crippen LogP contribution in [0.3, 0.4) is 0 Å². The van der Waals surface area contributed by atoms with Gasteiger partial charge in [0.05, 0.1) is 22.2 Å². The van der Waals surface area contributed by atoms with Crippen LogP contribution in [0.1, 0.15) is 44.5 Å². The summed E-state index contributed by atoms with van der Waals surface area (Å²) in [6.07, 6.45) is 0. The van der Waals surface area contributed by atoms with Gasteiger partial charge in [0.15, 0.2) is 0 Å². The van der Waals surface area contributed by atoms with Gasteiger partial charge in [-0.15, -0.1) is 11.3 Å². The van der Waals surface area contributed by atoms with Crippen LogP contribution in [0.4, 0.5) is 17.1 Å². The summed E-state index contributed by atoms with van der Waals surface area (Å²) in [7, 11) is 0. The smallest absolute Gasteiger partial charge is 0.132 e. The third-order valence-corrected chi connectivity index (χ3v) is 18.3. The van der Waals surface area contributed by atoms with Gasteiger partial charge in [0, 0.05) is 57.9 Å². The SMILES string of the molecule is c1ccc2c(c1)Oc1ccccc1C21c2ccccc2-c2c(N(c3ccc(-c4ccc5sc6ccccc6c5c4)cc3)c3cccc4c3C3(c5ccccc5Sc5ccccc53)c3ccccc3-4)cccc21. The fraction of sp³-hybridized carbons (Fsp3) is 0.0294. The lowest BCUT2D eigenvalue weighted by Gasteiger charge is -2.42. The highest BCUT2D eigenvalue weighted by molar-refractivity contribution is 7.99. The van der Waals surface area contributed by atoms with Crippen LogP contribution in [-0.4, -0.2) is 0 Å². The lowest BCUT2D eigenvalue weighted by Crippen LogP contribution is -2.33. The summed E-state index contributed by atoms with van der Waals surface area (Å²) >= 11 is 3.75. The minimum absolute atomic E-state index is 0.604. The van der Waals surface area contributed by atoms with E-state index in [2.05, 4.69) is 254 Å². The first-order valence-electron chi connectivity index (χ1n) is 24.7. The zero-order valence-corrected chi connectivity index (χ0v) is 40.5. The molecule has 0 unspecified atom stereocenters. The van der Waals surface area contributed by atoms with E-state index in [-0.39, 0.29) is 0 Å². The normalized spacial score (nSPS) is 14.4. The van der Waals surface area contributed by atoms with Crippen molar-refractivity contribution in [3.63, 3.8) is 0 Å². The molecule has 3 heterocycles. The van der Waals surface area contributed by atoms with Gasteiger partial charge in [0.2, 0.25) is 0 Å². The number of rotatable bonds is 4. The van der Waals surface area contributed by atoms with Crippen LogP contribution in [0.25, 0.3) is 53.6 Å². The first-order valence-corrected chi connectivity index (χ1v) is 26.4. The number of ether oxygens (including phenoxy) is 1. The Morgan fingerprint density at radius 2 is 0.875 bits per heavy atom. The Balaban J connectivity index is 1.00. The van der Waals surface area contributed by atoms with Gasteiger partial charge in [-0.05, 0) is 122 Å². The Morgan fingerprint density at radius 1 is 0.347 bits per heavy atom. The largest absolute Gasteiger partial charge is 0.457 e. The second kappa shape index (κ2) is 15.1. The average Bonchev–Trinajstić information content (AvgIpc) is 4.07. The van der Waals surface area contributed by atoms with E-state index in [1.54, 1.807) is 0 Å². The third-order valence-electron chi connectivity index (χ3n) is 16.0. The fourth-order valence-electron chi connectivity index (χ4n) is 13.3. The maximum absolute atomic E-state index is 6.79. The lowest BCUT2D eigenvalue weighted by atomic mass is 9.66. The Labute approximate surface area is 426 Å². The fourth-order valence-corrected chi connectivity index (χ4v) is 15.5. The van der Waals surface area contributed by atoms with E-state index in [1.165, 1.54) is 96.7 Å². The molecule has 2 aliphatic carbocycles. The molecule has 0 bridgehead atoms. The first-order chi connectivity index (χ1) is 35.7. The molecule has 0 saturated heterocycles. The van der Waals surface area contributed by atoms with Crippen molar-refractivity contribution in [2.24, 2.45) is 0 Å². The van der Waals surface area contributed by atoms with Crippen molar-refractivity contribution in [2.45, 2.75) is 20.6 Å². The Hall–Kier alpha value is -8.41. The second-order valence-corrected chi connectivity index (χ2v) is 21.5. The number of nitrogens with zero attached hydrogens (tertiary/aromatic N) is 1. The van der Waals surface area contributed by atoms with Gasteiger partial charge >= 0.3 is 0 Å². The van der Waals surface area contributed by atoms with Crippen molar-refractivity contribution in [3.05, 3.63) is 293 Å². The van der Waals surface area contributed by atoms with E-state index < -0.39 is 10.8 Å². The van der Waals surface area contributed by atoms with Crippen molar-refractivity contribution in [2.75, 3.05) is 4.90 Å². The Morgan fingerprint density at radius 3 is 1.61 bits per heavy atom. The average molecular weight is 952 g/mol. The molecule has 4 heteroatoms. The molecule has 2 nitrogen and oxygen atoms in total. The minimum Gasteiger partial charge on any atom is -0.457 e. The highest BCUT2D eigenvalue weighted by Crippen LogP contribution is 2.67. The molecule has 336 valence electrons.